The third-order valence-electron chi connectivity index (χ3n) is 2.57. The number of carbonyl (C=O) groups excluding carboxylic acids is 1. The van der Waals surface area contributed by atoms with Crippen molar-refractivity contribution in [2.45, 2.75) is 46.3 Å². The molecule has 4 heteroatoms. The Morgan fingerprint density at radius 3 is 2.27 bits per heavy atom. The summed E-state index contributed by atoms with van der Waals surface area (Å²) in [7, 11) is 0. The van der Waals surface area contributed by atoms with Gasteiger partial charge in [0.05, 0.1) is 0 Å². The van der Waals surface area contributed by atoms with E-state index in [1.807, 2.05) is 20.8 Å². The van der Waals surface area contributed by atoms with Gasteiger partial charge in [0, 0.05) is 18.5 Å². The van der Waals surface area contributed by atoms with Crippen molar-refractivity contribution in [1.82, 2.24) is 4.90 Å². The van der Waals surface area contributed by atoms with Gasteiger partial charge in [-0.2, -0.15) is 0 Å². The van der Waals surface area contributed by atoms with Gasteiger partial charge < -0.3 is 14.7 Å². The van der Waals surface area contributed by atoms with Crippen LogP contribution in [0.1, 0.15) is 40.0 Å². The number of aliphatic hydroxyl groups excluding tert-OH is 1. The maximum Gasteiger partial charge on any atom is 0.412 e. The number of carbonyl (C=O) groups is 1. The minimum atomic E-state index is -1.04. The molecule has 4 nitrogen and oxygen atoms in total. The average Bonchev–Trinajstić information content (AvgIpc) is 2.17. The molecule has 1 unspecified atom stereocenters. The summed E-state index contributed by atoms with van der Waals surface area (Å²) in [6.07, 6.45) is 1.80. The van der Waals surface area contributed by atoms with Gasteiger partial charge in [-0.05, 0) is 19.3 Å². The van der Waals surface area contributed by atoms with Gasteiger partial charge in [-0.3, -0.25) is 0 Å². The summed E-state index contributed by atoms with van der Waals surface area (Å²) in [6, 6.07) is 0. The maximum atomic E-state index is 11.6. The first-order chi connectivity index (χ1) is 6.91. The number of hydrogen-bond donors (Lipinski definition) is 1. The molecular weight excluding hydrogens is 194 g/mol. The van der Waals surface area contributed by atoms with Crippen LogP contribution < -0.4 is 0 Å². The molecule has 1 N–H and O–H groups in total. The third kappa shape index (κ3) is 3.70. The lowest BCUT2D eigenvalue weighted by atomic mass is 9.96. The number of hydrogen-bond acceptors (Lipinski definition) is 3. The van der Waals surface area contributed by atoms with Gasteiger partial charge in [-0.15, -0.1) is 0 Å². The monoisotopic (exact) mass is 215 g/mol. The minimum Gasteiger partial charge on any atom is -0.419 e. The summed E-state index contributed by atoms with van der Waals surface area (Å²) in [6.45, 7) is 6.99. The van der Waals surface area contributed by atoms with E-state index in [1.54, 1.807) is 4.90 Å². The lowest BCUT2D eigenvalue weighted by Crippen LogP contribution is -2.41. The minimum absolute atomic E-state index is 0.392. The van der Waals surface area contributed by atoms with Gasteiger partial charge in [0.2, 0.25) is 6.29 Å². The number of likely N-dealkylation sites (tertiary alicyclic amines) is 1. The van der Waals surface area contributed by atoms with Crippen LogP contribution in [0, 0.1) is 5.41 Å². The molecule has 1 saturated heterocycles. The Morgan fingerprint density at radius 2 is 1.80 bits per heavy atom. The Hall–Kier alpha value is -0.770. The molecule has 1 amide bonds. The summed E-state index contributed by atoms with van der Waals surface area (Å²) >= 11 is 0. The molecule has 0 radical (unpaired) electrons. The van der Waals surface area contributed by atoms with Gasteiger partial charge in [0.25, 0.3) is 0 Å². The smallest absolute Gasteiger partial charge is 0.412 e. The van der Waals surface area contributed by atoms with Gasteiger partial charge >= 0.3 is 6.09 Å². The van der Waals surface area contributed by atoms with E-state index in [1.165, 1.54) is 6.42 Å². The van der Waals surface area contributed by atoms with Crippen molar-refractivity contribution in [2.75, 3.05) is 13.1 Å². The van der Waals surface area contributed by atoms with Crippen LogP contribution in [0.5, 0.6) is 0 Å². The van der Waals surface area contributed by atoms with E-state index in [-0.39, 0.29) is 0 Å². The molecule has 0 spiro atoms. The van der Waals surface area contributed by atoms with Crippen molar-refractivity contribution in [1.29, 1.82) is 0 Å². The molecule has 0 aromatic carbocycles. The molecule has 1 fully saturated rings. The molecule has 0 aromatic rings. The van der Waals surface area contributed by atoms with E-state index in [2.05, 4.69) is 0 Å². The van der Waals surface area contributed by atoms with Crippen LogP contribution in [-0.4, -0.2) is 35.5 Å². The first kappa shape index (κ1) is 12.3. The molecular formula is C11H21NO3. The largest absolute Gasteiger partial charge is 0.419 e. The molecule has 1 heterocycles. The van der Waals surface area contributed by atoms with Crippen LogP contribution in [-0.2, 0) is 4.74 Å². The zero-order chi connectivity index (χ0) is 11.5. The third-order valence-corrected chi connectivity index (χ3v) is 2.57. The first-order valence-corrected chi connectivity index (χ1v) is 5.55. The predicted octanol–water partition coefficient (Wildman–Crippen LogP) is 1.97. The second kappa shape index (κ2) is 4.84. The summed E-state index contributed by atoms with van der Waals surface area (Å²) < 4.78 is 5.00. The fourth-order valence-electron chi connectivity index (χ4n) is 1.42. The van der Waals surface area contributed by atoms with Gasteiger partial charge in [-0.1, -0.05) is 20.8 Å². The highest BCUT2D eigenvalue weighted by Crippen LogP contribution is 2.21. The second-order valence-electron chi connectivity index (χ2n) is 5.15. The lowest BCUT2D eigenvalue weighted by Gasteiger charge is -2.30. The average molecular weight is 215 g/mol. The van der Waals surface area contributed by atoms with E-state index in [0.717, 1.165) is 25.9 Å². The number of rotatable bonds is 1. The number of amides is 1. The zero-order valence-corrected chi connectivity index (χ0v) is 9.82. The summed E-state index contributed by atoms with van der Waals surface area (Å²) in [4.78, 5) is 13.3. The first-order valence-electron chi connectivity index (χ1n) is 5.55. The number of piperidine rings is 1. The normalized spacial score (nSPS) is 19.9. The highest BCUT2D eigenvalue weighted by molar-refractivity contribution is 5.67. The Kier molecular flexibility index (Phi) is 3.97. The van der Waals surface area contributed by atoms with Crippen molar-refractivity contribution in [3.05, 3.63) is 0 Å². The molecule has 0 saturated carbocycles. The highest BCUT2D eigenvalue weighted by Gasteiger charge is 2.28. The van der Waals surface area contributed by atoms with Gasteiger partial charge in [0.15, 0.2) is 0 Å². The molecule has 0 bridgehead atoms. The van der Waals surface area contributed by atoms with Crippen LogP contribution in [0.2, 0.25) is 0 Å². The molecule has 0 aliphatic carbocycles. The molecule has 88 valence electrons. The summed E-state index contributed by atoms with van der Waals surface area (Å²) in [5.41, 5.74) is -0.425. The zero-order valence-electron chi connectivity index (χ0n) is 9.82. The lowest BCUT2D eigenvalue weighted by molar-refractivity contribution is -0.126. The number of ether oxygens (including phenoxy) is 1. The number of nitrogens with zero attached hydrogens (tertiary/aromatic N) is 1. The van der Waals surface area contributed by atoms with Crippen LogP contribution in [0.15, 0.2) is 0 Å². The molecule has 1 rings (SSSR count). The van der Waals surface area contributed by atoms with Crippen molar-refractivity contribution < 1.29 is 14.6 Å². The highest BCUT2D eigenvalue weighted by atomic mass is 16.6. The summed E-state index contributed by atoms with van der Waals surface area (Å²) in [5.74, 6) is 0. The van der Waals surface area contributed by atoms with Gasteiger partial charge in [0.1, 0.15) is 0 Å². The molecule has 15 heavy (non-hydrogen) atoms. The van der Waals surface area contributed by atoms with E-state index in [4.69, 9.17) is 4.74 Å². The number of aliphatic hydroxyl groups is 1. The van der Waals surface area contributed by atoms with Crippen LogP contribution in [0.4, 0.5) is 4.79 Å². The quantitative estimate of drug-likeness (QED) is 0.680. The van der Waals surface area contributed by atoms with Crippen molar-refractivity contribution >= 4 is 6.09 Å². The second-order valence-corrected chi connectivity index (χ2v) is 5.15. The van der Waals surface area contributed by atoms with E-state index in [9.17, 15) is 9.90 Å². The van der Waals surface area contributed by atoms with E-state index >= 15 is 0 Å². The Labute approximate surface area is 91.2 Å². The molecule has 1 aliphatic heterocycles. The molecule has 1 atom stereocenters. The van der Waals surface area contributed by atoms with E-state index < -0.39 is 17.8 Å². The fraction of sp³-hybridized carbons (Fsp3) is 0.909. The van der Waals surface area contributed by atoms with Crippen LogP contribution >= 0.6 is 0 Å². The Balaban J connectivity index is 2.40. The van der Waals surface area contributed by atoms with Crippen molar-refractivity contribution in [3.8, 4) is 0 Å². The SMILES string of the molecule is CC(C)(C)C(O)OC(=O)N1CCCCC1. The van der Waals surface area contributed by atoms with Gasteiger partial charge in [-0.25, -0.2) is 4.79 Å². The van der Waals surface area contributed by atoms with Crippen LogP contribution in [0.3, 0.4) is 0 Å². The Morgan fingerprint density at radius 1 is 1.27 bits per heavy atom. The van der Waals surface area contributed by atoms with Crippen molar-refractivity contribution in [2.24, 2.45) is 5.41 Å². The standard InChI is InChI=1S/C11H21NO3/c1-11(2,3)9(13)15-10(14)12-7-5-4-6-8-12/h9,13H,4-8H2,1-3H3. The Bertz CT molecular complexity index is 216. The van der Waals surface area contributed by atoms with Crippen molar-refractivity contribution in [3.63, 3.8) is 0 Å². The molecule has 0 aromatic heterocycles. The van der Waals surface area contributed by atoms with E-state index in [0.29, 0.717) is 0 Å². The molecule has 1 aliphatic rings. The maximum absolute atomic E-state index is 11.6. The van der Waals surface area contributed by atoms with Crippen LogP contribution in [0.25, 0.3) is 0 Å². The predicted molar refractivity (Wildman–Crippen MR) is 57.4 cm³/mol. The summed E-state index contributed by atoms with van der Waals surface area (Å²) in [5, 5.41) is 9.62. The topological polar surface area (TPSA) is 49.8 Å². The fourth-order valence-corrected chi connectivity index (χ4v) is 1.42.